The average molecular weight is 397 g/mol. The number of hydrogen-bond acceptors (Lipinski definition) is 4. The molecule has 0 bridgehead atoms. The van der Waals surface area contributed by atoms with Gasteiger partial charge in [-0.3, -0.25) is 9.69 Å². The number of Topliss-reactive ketones (excluding diaryl/α,β-unsaturated/α-hetero) is 1. The van der Waals surface area contributed by atoms with Crippen molar-refractivity contribution in [1.82, 2.24) is 4.90 Å². The van der Waals surface area contributed by atoms with Crippen molar-refractivity contribution in [2.45, 2.75) is 32.2 Å². The van der Waals surface area contributed by atoms with E-state index in [-0.39, 0.29) is 23.0 Å². The molecule has 154 valence electrons. The molecular weight excluding hydrogens is 369 g/mol. The zero-order chi connectivity index (χ0) is 20.4. The van der Waals surface area contributed by atoms with E-state index < -0.39 is 5.82 Å². The number of likely N-dealkylation sites (tertiary alicyclic amines) is 1. The maximum atomic E-state index is 14.8. The van der Waals surface area contributed by atoms with Crippen LogP contribution < -0.4 is 9.47 Å². The third kappa shape index (κ3) is 4.01. The second-order valence-corrected chi connectivity index (χ2v) is 8.17. The van der Waals surface area contributed by atoms with E-state index in [0.717, 1.165) is 44.5 Å². The van der Waals surface area contributed by atoms with Gasteiger partial charge in [0.15, 0.2) is 23.1 Å². The lowest BCUT2D eigenvalue weighted by Crippen LogP contribution is -2.34. The monoisotopic (exact) mass is 397 g/mol. The smallest absolute Gasteiger partial charge is 0.197 e. The third-order valence-electron chi connectivity index (χ3n) is 6.35. The molecule has 1 atom stereocenters. The summed E-state index contributed by atoms with van der Waals surface area (Å²) in [4.78, 5) is 15.4. The molecule has 1 saturated heterocycles. The molecule has 0 amide bonds. The van der Waals surface area contributed by atoms with Crippen molar-refractivity contribution in [3.8, 4) is 11.5 Å². The molecular formula is C24H28FNO3. The Morgan fingerprint density at radius 2 is 1.83 bits per heavy atom. The van der Waals surface area contributed by atoms with E-state index in [1.165, 1.54) is 19.8 Å². The molecule has 1 heterocycles. The van der Waals surface area contributed by atoms with Crippen LogP contribution in [0.5, 0.6) is 11.5 Å². The Hall–Kier alpha value is -2.40. The molecule has 1 aliphatic carbocycles. The fraction of sp³-hybridized carbons (Fsp3) is 0.458. The van der Waals surface area contributed by atoms with Gasteiger partial charge in [0, 0.05) is 12.5 Å². The molecule has 29 heavy (non-hydrogen) atoms. The molecule has 0 aromatic heterocycles. The van der Waals surface area contributed by atoms with Gasteiger partial charge in [0.05, 0.1) is 19.8 Å². The van der Waals surface area contributed by atoms with Gasteiger partial charge in [-0.2, -0.15) is 0 Å². The van der Waals surface area contributed by atoms with Crippen molar-refractivity contribution in [2.75, 3.05) is 27.3 Å². The molecule has 0 spiro atoms. The van der Waals surface area contributed by atoms with E-state index in [0.29, 0.717) is 18.1 Å². The predicted octanol–water partition coefficient (Wildman–Crippen LogP) is 4.50. The van der Waals surface area contributed by atoms with Gasteiger partial charge in [0.25, 0.3) is 0 Å². The van der Waals surface area contributed by atoms with Crippen LogP contribution in [-0.4, -0.2) is 38.0 Å². The number of ether oxygens (including phenoxy) is 2. The lowest BCUT2D eigenvalue weighted by atomic mass is 9.85. The van der Waals surface area contributed by atoms with Gasteiger partial charge in [-0.15, -0.1) is 0 Å². The fourth-order valence-corrected chi connectivity index (χ4v) is 4.80. The van der Waals surface area contributed by atoms with E-state index in [9.17, 15) is 9.18 Å². The van der Waals surface area contributed by atoms with Gasteiger partial charge in [-0.05, 0) is 61.9 Å². The first-order valence-electron chi connectivity index (χ1n) is 10.3. The zero-order valence-corrected chi connectivity index (χ0v) is 17.1. The molecule has 4 rings (SSSR count). The number of benzene rings is 2. The van der Waals surface area contributed by atoms with Gasteiger partial charge >= 0.3 is 0 Å². The molecule has 0 saturated carbocycles. The van der Waals surface area contributed by atoms with Gasteiger partial charge in [0.1, 0.15) is 0 Å². The molecule has 4 nitrogen and oxygen atoms in total. The highest BCUT2D eigenvalue weighted by molar-refractivity contribution is 6.03. The van der Waals surface area contributed by atoms with E-state index in [1.807, 2.05) is 6.07 Å². The summed E-state index contributed by atoms with van der Waals surface area (Å²) in [6.07, 6.45) is 3.59. The summed E-state index contributed by atoms with van der Waals surface area (Å²) < 4.78 is 25.2. The minimum absolute atomic E-state index is 0.0227. The van der Waals surface area contributed by atoms with Crippen LogP contribution in [0.15, 0.2) is 36.4 Å². The highest BCUT2D eigenvalue weighted by Crippen LogP contribution is 2.42. The summed E-state index contributed by atoms with van der Waals surface area (Å²) in [5.41, 5.74) is 2.29. The highest BCUT2D eigenvalue weighted by atomic mass is 19.1. The molecule has 2 aromatic carbocycles. The topological polar surface area (TPSA) is 38.8 Å². The van der Waals surface area contributed by atoms with Crippen LogP contribution in [0.1, 0.15) is 40.7 Å². The van der Waals surface area contributed by atoms with Crippen molar-refractivity contribution in [2.24, 2.45) is 11.8 Å². The average Bonchev–Trinajstić information content (AvgIpc) is 3.05. The Balaban J connectivity index is 1.37. The van der Waals surface area contributed by atoms with Crippen molar-refractivity contribution in [3.63, 3.8) is 0 Å². The van der Waals surface area contributed by atoms with Gasteiger partial charge < -0.3 is 9.47 Å². The normalized spacial score (nSPS) is 20.0. The minimum Gasteiger partial charge on any atom is -0.493 e. The number of halogens is 1. The first kappa shape index (κ1) is 19.9. The number of carbonyl (C=O) groups is 1. The second kappa shape index (κ2) is 8.54. The lowest BCUT2D eigenvalue weighted by molar-refractivity contribution is 0.0892. The minimum atomic E-state index is -0.577. The number of rotatable bonds is 6. The van der Waals surface area contributed by atoms with Gasteiger partial charge in [0.2, 0.25) is 0 Å². The van der Waals surface area contributed by atoms with Crippen LogP contribution in [0.4, 0.5) is 4.39 Å². The number of ketones is 1. The number of methoxy groups -OCH3 is 2. The van der Waals surface area contributed by atoms with Gasteiger partial charge in [-0.25, -0.2) is 4.39 Å². The fourth-order valence-electron chi connectivity index (χ4n) is 4.80. The zero-order valence-electron chi connectivity index (χ0n) is 17.1. The van der Waals surface area contributed by atoms with Crippen LogP contribution in [0.3, 0.4) is 0 Å². The molecule has 5 heteroatoms. The predicted molar refractivity (Wildman–Crippen MR) is 110 cm³/mol. The summed E-state index contributed by atoms with van der Waals surface area (Å²) >= 11 is 0. The van der Waals surface area contributed by atoms with Gasteiger partial charge in [-0.1, -0.05) is 30.3 Å². The number of nitrogens with zero attached hydrogens (tertiary/aromatic N) is 1. The molecule has 1 fully saturated rings. The number of piperidine rings is 1. The maximum absolute atomic E-state index is 14.8. The Labute approximate surface area is 171 Å². The van der Waals surface area contributed by atoms with Crippen molar-refractivity contribution in [3.05, 3.63) is 58.9 Å². The number of carbonyl (C=O) groups excluding carboxylic acids is 1. The van der Waals surface area contributed by atoms with Crippen LogP contribution in [0.25, 0.3) is 0 Å². The number of hydrogen-bond donors (Lipinski definition) is 0. The Morgan fingerprint density at radius 1 is 1.10 bits per heavy atom. The molecule has 0 N–H and O–H groups in total. The molecule has 2 aromatic rings. The third-order valence-corrected chi connectivity index (χ3v) is 6.35. The van der Waals surface area contributed by atoms with E-state index in [4.69, 9.17) is 9.47 Å². The maximum Gasteiger partial charge on any atom is 0.197 e. The Bertz CT molecular complexity index is 875. The van der Waals surface area contributed by atoms with Crippen molar-refractivity contribution in [1.29, 1.82) is 0 Å². The molecule has 1 unspecified atom stereocenters. The molecule has 0 radical (unpaired) electrons. The van der Waals surface area contributed by atoms with E-state index >= 15 is 0 Å². The second-order valence-electron chi connectivity index (χ2n) is 8.17. The first-order chi connectivity index (χ1) is 14.1. The summed E-state index contributed by atoms with van der Waals surface area (Å²) in [5, 5.41) is 0. The first-order valence-corrected chi connectivity index (χ1v) is 10.3. The molecule has 2 aliphatic rings. The SMILES string of the molecule is COc1cc2c(c(F)c1OC)C(=O)C(CC1CCN(Cc3ccccc3)CC1)C2. The van der Waals surface area contributed by atoms with Crippen molar-refractivity contribution >= 4 is 5.78 Å². The van der Waals surface area contributed by atoms with E-state index in [2.05, 4.69) is 29.2 Å². The molecule has 1 aliphatic heterocycles. The Kier molecular flexibility index (Phi) is 5.86. The van der Waals surface area contributed by atoms with Crippen LogP contribution in [0.2, 0.25) is 0 Å². The van der Waals surface area contributed by atoms with Crippen LogP contribution in [-0.2, 0) is 13.0 Å². The van der Waals surface area contributed by atoms with Crippen LogP contribution in [0, 0.1) is 17.7 Å². The summed E-state index contributed by atoms with van der Waals surface area (Å²) in [5.74, 6) is 0.0946. The lowest BCUT2D eigenvalue weighted by Gasteiger charge is -2.32. The Morgan fingerprint density at radius 3 is 2.48 bits per heavy atom. The summed E-state index contributed by atoms with van der Waals surface area (Å²) in [7, 11) is 2.88. The number of fused-ring (bicyclic) bond motifs is 1. The quantitative estimate of drug-likeness (QED) is 0.719. The van der Waals surface area contributed by atoms with Crippen LogP contribution >= 0.6 is 0 Å². The van der Waals surface area contributed by atoms with Crippen molar-refractivity contribution < 1.29 is 18.7 Å². The summed E-state index contributed by atoms with van der Waals surface area (Å²) in [6.45, 7) is 3.07. The standard InChI is InChI=1S/C24H28FNO3/c1-28-20-14-18-13-19(23(27)21(18)22(25)24(20)29-2)12-16-8-10-26(11-9-16)15-17-6-4-3-5-7-17/h3-7,14,16,19H,8-13,15H2,1-2H3. The largest absolute Gasteiger partial charge is 0.493 e. The highest BCUT2D eigenvalue weighted by Gasteiger charge is 2.37. The van der Waals surface area contributed by atoms with E-state index in [1.54, 1.807) is 6.07 Å². The summed E-state index contributed by atoms with van der Waals surface area (Å²) in [6, 6.07) is 12.3.